The van der Waals surface area contributed by atoms with Crippen molar-refractivity contribution < 1.29 is 257 Å². The first-order chi connectivity index (χ1) is 33.2. The molecule has 0 spiro atoms. The van der Waals surface area contributed by atoms with E-state index in [-0.39, 0.29) is 198 Å². The first-order valence-electron chi connectivity index (χ1n) is 18.2. The molecule has 6 N–H and O–H groups in total. The fourth-order valence-electron chi connectivity index (χ4n) is 5.85. The molecule has 0 aromatic heterocycles. The molecule has 0 fully saturated rings. The smallest absolute Gasteiger partial charge is 0.747 e. The second-order valence-electron chi connectivity index (χ2n) is 13.8. The van der Waals surface area contributed by atoms with Crippen LogP contribution in [-0.2, 0) is 57.8 Å². The van der Waals surface area contributed by atoms with Crippen LogP contribution in [0.2, 0.25) is 0 Å². The minimum atomic E-state index is -5.32. The third-order valence-corrected chi connectivity index (χ3v) is 11.7. The van der Waals surface area contributed by atoms with Crippen molar-refractivity contribution in [2.75, 3.05) is 22.4 Å². The van der Waals surface area contributed by atoms with Crippen LogP contribution in [0.25, 0.3) is 21.5 Å². The number of nitro groups is 4. The molecule has 6 rings (SSSR count). The Balaban J connectivity index is 0. The number of nitro benzene ring substituents is 4. The number of hydrogen-bond donors (Lipinski definition) is 6. The molecule has 0 heterocycles. The maximum Gasteiger partial charge on any atom is 1.00 e. The topological polar surface area (TPSA) is 556 Å². The summed E-state index contributed by atoms with van der Waals surface area (Å²) in [7, 11) is -20.0. The number of aromatic hydroxyl groups is 4. The predicted molar refractivity (Wildman–Crippen MR) is 235 cm³/mol. The van der Waals surface area contributed by atoms with Gasteiger partial charge < -0.3 is 49.3 Å². The van der Waals surface area contributed by atoms with Gasteiger partial charge in [0.2, 0.25) is 11.5 Å². The number of phenols is 4. The Kier molecular flexibility index (Phi) is 30.1. The summed E-state index contributed by atoms with van der Waals surface area (Å²) in [5, 5.41) is 103. The molecule has 0 saturated carbocycles. The second kappa shape index (κ2) is 30.6. The number of hydrogen-bond acceptors (Lipinski definition) is 30. The third-order valence-electron chi connectivity index (χ3n) is 8.99. The van der Waals surface area contributed by atoms with Gasteiger partial charge in [-0.15, -0.1) is 20.5 Å². The van der Waals surface area contributed by atoms with Crippen LogP contribution in [0.1, 0.15) is 0 Å². The number of phenolic OH excluding ortho intramolecular Hbond substituents is 4. The molecule has 0 aliphatic heterocycles. The maximum absolute atomic E-state index is 11.8. The van der Waals surface area contributed by atoms with Crippen LogP contribution in [-0.4, -0.2) is 104 Å². The van der Waals surface area contributed by atoms with E-state index in [1.807, 2.05) is 0 Å². The first kappa shape index (κ1) is 76.7. The van der Waals surface area contributed by atoms with E-state index >= 15 is 0 Å². The zero-order valence-corrected chi connectivity index (χ0v) is 54.5. The summed E-state index contributed by atoms with van der Waals surface area (Å²) in [5.41, 5.74) is -7.72. The Morgan fingerprint density at radius 3 is 1.00 bits per heavy atom. The molecule has 0 amide bonds. The van der Waals surface area contributed by atoms with Gasteiger partial charge in [0.25, 0.3) is 11.4 Å². The SMILES string of the molecule is O=[N+]([O-])c1cc(N=Nc2c(S(=O)(=O)[O-])cc3ccc(NCS(=O)(=O)[O-])cc3c2O)c(O)c([N+](=O)[O-])c1.O=[N+]([O-])c1cc(N=Nc2c(S(=O)(=O)[O-])cc3ccc(NCS(=O)(=O)[O-])cc3c2O)c(O)c([N+](=O)[O-])c1.[Cr].[Na+].[Na+].[Na+].[Na+].[Na+]. The van der Waals surface area contributed by atoms with Gasteiger partial charge >= 0.3 is 159 Å². The monoisotopic (exact) mass is 1250 g/mol. The number of nitrogens with one attached hydrogen (secondary N) is 2. The van der Waals surface area contributed by atoms with Gasteiger partial charge in [0.15, 0.2) is 11.5 Å². The molecule has 0 atom stereocenters. The number of rotatable bonds is 16. The molecule has 6 aromatic carbocycles. The molecule has 0 saturated heterocycles. The van der Waals surface area contributed by atoms with Crippen molar-refractivity contribution in [2.45, 2.75) is 9.79 Å². The summed E-state index contributed by atoms with van der Waals surface area (Å²) < 4.78 is 136. The van der Waals surface area contributed by atoms with E-state index in [1.54, 1.807) is 0 Å². The van der Waals surface area contributed by atoms with Gasteiger partial charge in [-0.25, -0.2) is 33.7 Å². The van der Waals surface area contributed by atoms with Crippen molar-refractivity contribution in [2.24, 2.45) is 20.5 Å². The standard InChI is InChI=1S/2C17H13N5O12S2.Cr.5Na/c2*23-16-11-4-9(18-7-35(29,30)31)2-1-8(11)3-14(36(32,33)34)15(16)20-19-12-5-10(21(25)26)6-13(17(12)24)22(27)28;;;;;;/h2*1-6,18,23-24H,7H2,(H,29,30,31)(H,32,33,34);;;;;;/q;;;5*+1/p-4. The molecule has 0 aliphatic carbocycles. The first-order valence-corrected chi connectivity index (χ1v) is 24.1. The number of fused-ring (bicyclic) bond motifs is 2. The van der Waals surface area contributed by atoms with Crippen molar-refractivity contribution in [3.05, 3.63) is 113 Å². The number of anilines is 2. The van der Waals surface area contributed by atoms with Gasteiger partial charge in [-0.1, -0.05) is 12.1 Å². The Hall–Kier alpha value is -3.39. The second-order valence-corrected chi connectivity index (χ2v) is 19.3. The van der Waals surface area contributed by atoms with Crippen molar-refractivity contribution in [3.63, 3.8) is 0 Å². The molecule has 0 bridgehead atoms. The Bertz CT molecular complexity index is 3620. The van der Waals surface area contributed by atoms with E-state index < -0.39 is 150 Å². The minimum absolute atomic E-state index is 0. The fraction of sp³-hybridized carbons (Fsp3) is 0.0588. The van der Waals surface area contributed by atoms with Gasteiger partial charge in [0.1, 0.15) is 75.0 Å². The van der Waals surface area contributed by atoms with Gasteiger partial charge in [-0.3, -0.25) is 40.5 Å². The van der Waals surface area contributed by atoms with Crippen LogP contribution in [0.5, 0.6) is 23.0 Å². The van der Waals surface area contributed by atoms with Crippen LogP contribution in [0.4, 0.5) is 56.9 Å². The minimum Gasteiger partial charge on any atom is -0.747 e. The predicted octanol–water partition coefficient (Wildman–Crippen LogP) is -10.4. The number of nitrogens with zero attached hydrogens (tertiary/aromatic N) is 8. The number of benzene rings is 6. The van der Waals surface area contributed by atoms with E-state index in [4.69, 9.17) is 0 Å². The average Bonchev–Trinajstić information content (AvgIpc) is 3.26. The molecule has 34 nitrogen and oxygen atoms in total. The molecule has 386 valence electrons. The van der Waals surface area contributed by atoms with E-state index in [9.17, 15) is 113 Å². The van der Waals surface area contributed by atoms with Gasteiger partial charge in [-0.05, 0) is 47.2 Å². The van der Waals surface area contributed by atoms with E-state index in [0.29, 0.717) is 24.3 Å². The molecular weight excluding hydrogens is 1230 g/mol. The Morgan fingerprint density at radius 2 is 0.744 bits per heavy atom. The van der Waals surface area contributed by atoms with Crippen LogP contribution >= 0.6 is 0 Å². The Labute approximate surface area is 557 Å². The quantitative estimate of drug-likeness (QED) is 0.0172. The third kappa shape index (κ3) is 20.0. The molecule has 6 aromatic rings. The molecule has 78 heavy (non-hydrogen) atoms. The molecular formula is C34H22CrN10Na5O24S4+. The summed E-state index contributed by atoms with van der Waals surface area (Å²) >= 11 is 0. The van der Waals surface area contributed by atoms with Gasteiger partial charge in [-0.2, -0.15) is 0 Å². The van der Waals surface area contributed by atoms with Crippen LogP contribution in [0.15, 0.2) is 103 Å². The fourth-order valence-corrected chi connectivity index (χ4v) is 7.83. The van der Waals surface area contributed by atoms with Crippen molar-refractivity contribution in [3.8, 4) is 23.0 Å². The van der Waals surface area contributed by atoms with Gasteiger partial charge in [0.05, 0.1) is 41.6 Å². The number of non-ortho nitro benzene ring substituents is 2. The van der Waals surface area contributed by atoms with Crippen molar-refractivity contribution >= 4 is 119 Å². The van der Waals surface area contributed by atoms with Crippen LogP contribution in [0.3, 0.4) is 0 Å². The van der Waals surface area contributed by atoms with Crippen LogP contribution < -0.4 is 158 Å². The molecule has 0 aliphatic rings. The van der Waals surface area contributed by atoms with E-state index in [2.05, 4.69) is 31.1 Å². The number of azo groups is 2. The maximum atomic E-state index is 11.8. The largest absolute Gasteiger partial charge is 1.00 e. The molecule has 44 heteroatoms. The average molecular weight is 1250 g/mol. The summed E-state index contributed by atoms with van der Waals surface area (Å²) in [6, 6.07) is 10.6. The zero-order chi connectivity index (χ0) is 54.0. The summed E-state index contributed by atoms with van der Waals surface area (Å²) in [4.78, 5) is 37.7. The molecule has 0 radical (unpaired) electrons. The summed E-state index contributed by atoms with van der Waals surface area (Å²) in [5.74, 6) is -6.34. The van der Waals surface area contributed by atoms with E-state index in [1.165, 1.54) is 24.3 Å². The van der Waals surface area contributed by atoms with Crippen molar-refractivity contribution in [1.29, 1.82) is 0 Å². The summed E-state index contributed by atoms with van der Waals surface area (Å²) in [6.45, 7) is 0. The van der Waals surface area contributed by atoms with Gasteiger partial charge in [0, 0.05) is 51.6 Å². The normalized spacial score (nSPS) is 11.2. The van der Waals surface area contributed by atoms with E-state index in [0.717, 1.165) is 24.3 Å². The van der Waals surface area contributed by atoms with Crippen molar-refractivity contribution in [1.82, 2.24) is 0 Å². The Morgan fingerprint density at radius 1 is 0.436 bits per heavy atom. The molecule has 0 unspecified atom stereocenters. The van der Waals surface area contributed by atoms with Crippen LogP contribution in [0, 0.1) is 40.5 Å². The summed E-state index contributed by atoms with van der Waals surface area (Å²) in [6.07, 6.45) is 0. The zero-order valence-electron chi connectivity index (χ0n) is 39.9.